The molecule has 1 aliphatic rings. The third-order valence-electron chi connectivity index (χ3n) is 4.60. The molecule has 2 N–H and O–H groups in total. The standard InChI is InChI=1S/C17H28N2/c1-13-9-10-19(15(3)11-13)12-14(2)17(18)16-7-5-4-6-8-16/h4-8,13-15,17H,9-12,18H2,1-3H3. The van der Waals surface area contributed by atoms with Gasteiger partial charge >= 0.3 is 0 Å². The molecule has 4 atom stereocenters. The van der Waals surface area contributed by atoms with Crippen molar-refractivity contribution in [2.24, 2.45) is 17.6 Å². The summed E-state index contributed by atoms with van der Waals surface area (Å²) in [4.78, 5) is 2.62. The molecule has 0 radical (unpaired) electrons. The molecule has 0 bridgehead atoms. The van der Waals surface area contributed by atoms with E-state index in [-0.39, 0.29) is 6.04 Å². The summed E-state index contributed by atoms with van der Waals surface area (Å²) in [5, 5.41) is 0. The van der Waals surface area contributed by atoms with E-state index in [1.807, 2.05) is 0 Å². The summed E-state index contributed by atoms with van der Waals surface area (Å²) >= 11 is 0. The fourth-order valence-corrected chi connectivity index (χ4v) is 3.21. The molecule has 1 aromatic carbocycles. The lowest BCUT2D eigenvalue weighted by molar-refractivity contribution is 0.107. The molecule has 0 aromatic heterocycles. The van der Waals surface area contributed by atoms with Gasteiger partial charge in [-0.15, -0.1) is 0 Å². The van der Waals surface area contributed by atoms with Crippen LogP contribution in [0, 0.1) is 11.8 Å². The highest BCUT2D eigenvalue weighted by Gasteiger charge is 2.25. The Bertz CT molecular complexity index is 376. The minimum Gasteiger partial charge on any atom is -0.324 e. The van der Waals surface area contributed by atoms with Crippen molar-refractivity contribution in [3.8, 4) is 0 Å². The number of piperidine rings is 1. The molecular formula is C17H28N2. The Labute approximate surface area is 118 Å². The second-order valence-corrected chi connectivity index (χ2v) is 6.39. The number of hydrogen-bond acceptors (Lipinski definition) is 2. The average Bonchev–Trinajstić information content (AvgIpc) is 2.42. The van der Waals surface area contributed by atoms with Gasteiger partial charge in [-0.1, -0.05) is 44.2 Å². The van der Waals surface area contributed by atoms with Gasteiger partial charge in [0.15, 0.2) is 0 Å². The van der Waals surface area contributed by atoms with Crippen LogP contribution in [0.4, 0.5) is 0 Å². The van der Waals surface area contributed by atoms with E-state index in [0.717, 1.165) is 12.5 Å². The van der Waals surface area contributed by atoms with Gasteiger partial charge in [-0.3, -0.25) is 0 Å². The van der Waals surface area contributed by atoms with Crippen LogP contribution in [0.25, 0.3) is 0 Å². The van der Waals surface area contributed by atoms with E-state index in [9.17, 15) is 0 Å². The highest BCUT2D eigenvalue weighted by atomic mass is 15.2. The van der Waals surface area contributed by atoms with Gasteiger partial charge in [-0.05, 0) is 43.7 Å². The van der Waals surface area contributed by atoms with Crippen LogP contribution >= 0.6 is 0 Å². The molecule has 1 aliphatic heterocycles. The Morgan fingerprint density at radius 1 is 1.26 bits per heavy atom. The molecule has 106 valence electrons. The molecule has 0 amide bonds. The van der Waals surface area contributed by atoms with Crippen LogP contribution in [0.15, 0.2) is 30.3 Å². The minimum atomic E-state index is 0.146. The van der Waals surface area contributed by atoms with Crippen LogP contribution in [-0.2, 0) is 0 Å². The predicted octanol–water partition coefficient (Wildman–Crippen LogP) is 3.44. The molecule has 1 aromatic rings. The highest BCUT2D eigenvalue weighted by molar-refractivity contribution is 5.19. The fourth-order valence-electron chi connectivity index (χ4n) is 3.21. The monoisotopic (exact) mass is 260 g/mol. The van der Waals surface area contributed by atoms with Gasteiger partial charge in [0.2, 0.25) is 0 Å². The zero-order valence-corrected chi connectivity index (χ0v) is 12.5. The van der Waals surface area contributed by atoms with E-state index in [4.69, 9.17) is 5.73 Å². The SMILES string of the molecule is CC1CCN(CC(C)C(N)c2ccccc2)C(C)C1. The lowest BCUT2D eigenvalue weighted by Crippen LogP contribution is -2.44. The van der Waals surface area contributed by atoms with Crippen molar-refractivity contribution in [3.63, 3.8) is 0 Å². The molecule has 2 heteroatoms. The number of nitrogens with two attached hydrogens (primary N) is 1. The lowest BCUT2D eigenvalue weighted by atomic mass is 9.90. The quantitative estimate of drug-likeness (QED) is 0.898. The van der Waals surface area contributed by atoms with Gasteiger partial charge in [-0.25, -0.2) is 0 Å². The minimum absolute atomic E-state index is 0.146. The van der Waals surface area contributed by atoms with E-state index < -0.39 is 0 Å². The van der Waals surface area contributed by atoms with Crippen LogP contribution in [0.2, 0.25) is 0 Å². The molecule has 2 nitrogen and oxygen atoms in total. The largest absolute Gasteiger partial charge is 0.324 e. The Morgan fingerprint density at radius 2 is 1.95 bits per heavy atom. The molecule has 1 heterocycles. The Hall–Kier alpha value is -0.860. The summed E-state index contributed by atoms with van der Waals surface area (Å²) in [7, 11) is 0. The van der Waals surface area contributed by atoms with Crippen molar-refractivity contribution < 1.29 is 0 Å². The maximum Gasteiger partial charge on any atom is 0.0333 e. The van der Waals surface area contributed by atoms with E-state index in [1.54, 1.807) is 0 Å². The maximum atomic E-state index is 6.40. The summed E-state index contributed by atoms with van der Waals surface area (Å²) in [6.07, 6.45) is 2.66. The summed E-state index contributed by atoms with van der Waals surface area (Å²) in [5.74, 6) is 1.38. The third kappa shape index (κ3) is 3.80. The van der Waals surface area contributed by atoms with E-state index in [2.05, 4.69) is 56.0 Å². The van der Waals surface area contributed by atoms with Gasteiger partial charge in [0.05, 0.1) is 0 Å². The molecule has 1 fully saturated rings. The van der Waals surface area contributed by atoms with Gasteiger partial charge in [0.1, 0.15) is 0 Å². The third-order valence-corrected chi connectivity index (χ3v) is 4.60. The maximum absolute atomic E-state index is 6.40. The van der Waals surface area contributed by atoms with E-state index in [0.29, 0.717) is 12.0 Å². The van der Waals surface area contributed by atoms with Crippen LogP contribution in [0.3, 0.4) is 0 Å². The number of likely N-dealkylation sites (tertiary alicyclic amines) is 1. The van der Waals surface area contributed by atoms with Crippen LogP contribution in [0.5, 0.6) is 0 Å². The second kappa shape index (κ2) is 6.53. The Kier molecular flexibility index (Phi) is 5.00. The van der Waals surface area contributed by atoms with Gasteiger partial charge in [0, 0.05) is 18.6 Å². The lowest BCUT2D eigenvalue weighted by Gasteiger charge is -2.39. The molecule has 0 aliphatic carbocycles. The number of nitrogens with zero attached hydrogens (tertiary/aromatic N) is 1. The summed E-state index contributed by atoms with van der Waals surface area (Å²) < 4.78 is 0. The van der Waals surface area contributed by atoms with Crippen molar-refractivity contribution in [2.45, 2.75) is 45.7 Å². The fraction of sp³-hybridized carbons (Fsp3) is 0.647. The van der Waals surface area contributed by atoms with Crippen LogP contribution < -0.4 is 5.73 Å². The summed E-state index contributed by atoms with van der Waals surface area (Å²) in [5.41, 5.74) is 7.66. The Morgan fingerprint density at radius 3 is 2.58 bits per heavy atom. The van der Waals surface area contributed by atoms with Crippen molar-refractivity contribution in [2.75, 3.05) is 13.1 Å². The van der Waals surface area contributed by atoms with Gasteiger partial charge in [-0.2, -0.15) is 0 Å². The average molecular weight is 260 g/mol. The van der Waals surface area contributed by atoms with Crippen molar-refractivity contribution in [1.82, 2.24) is 4.90 Å². The first-order valence-electron chi connectivity index (χ1n) is 7.62. The van der Waals surface area contributed by atoms with Crippen molar-refractivity contribution >= 4 is 0 Å². The number of rotatable bonds is 4. The van der Waals surface area contributed by atoms with Crippen LogP contribution in [0.1, 0.15) is 45.2 Å². The second-order valence-electron chi connectivity index (χ2n) is 6.39. The van der Waals surface area contributed by atoms with Crippen molar-refractivity contribution in [3.05, 3.63) is 35.9 Å². The molecule has 4 unspecified atom stereocenters. The van der Waals surface area contributed by atoms with Gasteiger partial charge in [0.25, 0.3) is 0 Å². The summed E-state index contributed by atoms with van der Waals surface area (Å²) in [6, 6.07) is 11.3. The zero-order chi connectivity index (χ0) is 13.8. The first-order valence-corrected chi connectivity index (χ1v) is 7.62. The summed E-state index contributed by atoms with van der Waals surface area (Å²) in [6.45, 7) is 9.35. The van der Waals surface area contributed by atoms with E-state index in [1.165, 1.54) is 24.9 Å². The molecule has 0 spiro atoms. The molecule has 1 saturated heterocycles. The molecule has 0 saturated carbocycles. The number of benzene rings is 1. The normalized spacial score (nSPS) is 28.0. The zero-order valence-electron chi connectivity index (χ0n) is 12.5. The predicted molar refractivity (Wildman–Crippen MR) is 82.0 cm³/mol. The van der Waals surface area contributed by atoms with Gasteiger partial charge < -0.3 is 10.6 Å². The molecule has 2 rings (SSSR count). The molecule has 19 heavy (non-hydrogen) atoms. The molecular weight excluding hydrogens is 232 g/mol. The first kappa shape index (κ1) is 14.5. The van der Waals surface area contributed by atoms with Crippen LogP contribution in [-0.4, -0.2) is 24.0 Å². The van der Waals surface area contributed by atoms with Crippen molar-refractivity contribution in [1.29, 1.82) is 0 Å². The topological polar surface area (TPSA) is 29.3 Å². The Balaban J connectivity index is 1.92. The number of hydrogen-bond donors (Lipinski definition) is 1. The highest BCUT2D eigenvalue weighted by Crippen LogP contribution is 2.26. The first-order chi connectivity index (χ1) is 9.08. The smallest absolute Gasteiger partial charge is 0.0333 e. The van der Waals surface area contributed by atoms with E-state index >= 15 is 0 Å².